The summed E-state index contributed by atoms with van der Waals surface area (Å²) in [6.07, 6.45) is 6.07. The Morgan fingerprint density at radius 3 is 2.17 bits per heavy atom. The van der Waals surface area contributed by atoms with Gasteiger partial charge in [0.15, 0.2) is 5.69 Å². The summed E-state index contributed by atoms with van der Waals surface area (Å²) in [6.45, 7) is 8.05. The molecule has 242 valence electrons. The van der Waals surface area contributed by atoms with Crippen LogP contribution in [0.1, 0.15) is 78.3 Å². The second kappa shape index (κ2) is 12.3. The molecule has 10 heteroatoms. The fourth-order valence-electron chi connectivity index (χ4n) is 8.36. The molecule has 0 atom stereocenters. The third kappa shape index (κ3) is 5.23. The topological polar surface area (TPSA) is 132 Å². The highest BCUT2D eigenvalue weighted by molar-refractivity contribution is 5.98. The van der Waals surface area contributed by atoms with E-state index in [1.807, 2.05) is 32.0 Å². The summed E-state index contributed by atoms with van der Waals surface area (Å²) in [4.78, 5) is 40.0. The average Bonchev–Trinajstić information content (AvgIpc) is 3.49. The first kappa shape index (κ1) is 31.4. The van der Waals surface area contributed by atoms with Crippen LogP contribution in [0.25, 0.3) is 16.9 Å². The van der Waals surface area contributed by atoms with Gasteiger partial charge in [-0.05, 0) is 104 Å². The smallest absolute Gasteiger partial charge is 0.330 e. The van der Waals surface area contributed by atoms with Crippen molar-refractivity contribution in [3.8, 4) is 28.4 Å². The number of carboxylic acid groups (broad SMARTS) is 1. The number of carboxylic acids is 1. The maximum absolute atomic E-state index is 14.2. The number of amides is 2. The highest BCUT2D eigenvalue weighted by Crippen LogP contribution is 2.58. The third-order valence-corrected chi connectivity index (χ3v) is 10.3. The Kier molecular flexibility index (Phi) is 8.39. The quantitative estimate of drug-likeness (QED) is 0.236. The van der Waals surface area contributed by atoms with Gasteiger partial charge < -0.3 is 25.2 Å². The summed E-state index contributed by atoms with van der Waals surface area (Å²) in [7, 11) is 3.12. The molecule has 7 rings (SSSR count). The zero-order valence-corrected chi connectivity index (χ0v) is 26.8. The molecule has 4 aliphatic carbocycles. The molecule has 4 bridgehead atoms. The van der Waals surface area contributed by atoms with Crippen LogP contribution in [0.2, 0.25) is 0 Å². The number of nitrogens with zero attached hydrogens (tertiary/aromatic N) is 2. The predicted molar refractivity (Wildman–Crippen MR) is 174 cm³/mol. The van der Waals surface area contributed by atoms with Crippen LogP contribution < -0.4 is 20.1 Å². The number of rotatable bonds is 11. The van der Waals surface area contributed by atoms with Gasteiger partial charge in [0.2, 0.25) is 0 Å². The zero-order chi connectivity index (χ0) is 32.7. The first-order valence-electron chi connectivity index (χ1n) is 16.0. The van der Waals surface area contributed by atoms with E-state index in [2.05, 4.69) is 17.2 Å². The first-order valence-corrected chi connectivity index (χ1v) is 16.0. The number of ether oxygens (including phenoxy) is 2. The second-order valence-corrected chi connectivity index (χ2v) is 13.2. The van der Waals surface area contributed by atoms with E-state index in [1.165, 1.54) is 0 Å². The van der Waals surface area contributed by atoms with Gasteiger partial charge in [0.25, 0.3) is 11.8 Å². The Morgan fingerprint density at radius 1 is 1.00 bits per heavy atom. The Bertz CT molecular complexity index is 1640. The lowest BCUT2D eigenvalue weighted by atomic mass is 9.48. The number of hydrogen-bond acceptors (Lipinski definition) is 6. The molecule has 4 aliphatic rings. The lowest BCUT2D eigenvalue weighted by Gasteiger charge is -2.59. The van der Waals surface area contributed by atoms with Crippen molar-refractivity contribution in [2.24, 2.45) is 23.7 Å². The first-order chi connectivity index (χ1) is 22.1. The van der Waals surface area contributed by atoms with E-state index in [4.69, 9.17) is 14.6 Å². The summed E-state index contributed by atoms with van der Waals surface area (Å²) >= 11 is 0. The van der Waals surface area contributed by atoms with Gasteiger partial charge in [-0.1, -0.05) is 26.0 Å². The minimum absolute atomic E-state index is 0.0145. The van der Waals surface area contributed by atoms with Gasteiger partial charge in [0.1, 0.15) is 17.0 Å². The zero-order valence-electron chi connectivity index (χ0n) is 26.8. The average molecular weight is 627 g/mol. The van der Waals surface area contributed by atoms with Crippen molar-refractivity contribution < 1.29 is 29.0 Å². The van der Waals surface area contributed by atoms with Crippen molar-refractivity contribution in [1.82, 2.24) is 20.4 Å². The minimum atomic E-state index is -1.32. The van der Waals surface area contributed by atoms with Gasteiger partial charge in [-0.15, -0.1) is 6.58 Å². The SMILES string of the molecule is C=CCNC(=O)c1ccc(-n2nc(C(=O)NC3(C(=O)O)C4CC5CC(C4)CC3C5)cc2-c2c(OC)cccc2OC)c(C(C)C)c1. The van der Waals surface area contributed by atoms with Gasteiger partial charge >= 0.3 is 5.97 Å². The number of carbonyl (C=O) groups is 3. The maximum atomic E-state index is 14.2. The molecule has 3 aromatic rings. The molecule has 10 nitrogen and oxygen atoms in total. The highest BCUT2D eigenvalue weighted by atomic mass is 16.5. The van der Waals surface area contributed by atoms with Crippen LogP contribution in [0.15, 0.2) is 55.1 Å². The Labute approximate surface area is 269 Å². The molecule has 0 aliphatic heterocycles. The fraction of sp³-hybridized carbons (Fsp3) is 0.444. The van der Waals surface area contributed by atoms with Crippen LogP contribution in [0.3, 0.4) is 0 Å². The number of aromatic nitrogens is 2. The minimum Gasteiger partial charge on any atom is -0.496 e. The summed E-state index contributed by atoms with van der Waals surface area (Å²) in [6, 6.07) is 12.5. The normalized spacial score (nSPS) is 24.5. The fourth-order valence-corrected chi connectivity index (χ4v) is 8.36. The van der Waals surface area contributed by atoms with Gasteiger partial charge in [0, 0.05) is 12.1 Å². The van der Waals surface area contributed by atoms with Crippen LogP contribution in [-0.4, -0.2) is 59.0 Å². The van der Waals surface area contributed by atoms with Crippen molar-refractivity contribution in [2.75, 3.05) is 20.8 Å². The number of nitrogens with one attached hydrogen (secondary N) is 2. The van der Waals surface area contributed by atoms with Gasteiger partial charge in [-0.3, -0.25) is 9.59 Å². The molecular formula is C36H42N4O6. The molecule has 1 heterocycles. The largest absolute Gasteiger partial charge is 0.496 e. The van der Waals surface area contributed by atoms with E-state index >= 15 is 0 Å². The molecule has 0 unspecified atom stereocenters. The standard InChI is InChI=1S/C36H42N4O6/c1-6-12-37-33(41)23-10-11-28(26(18-23)20(2)3)40-29(32-30(45-4)8-7-9-31(32)46-5)19-27(39-40)34(42)38-36(35(43)44)24-14-21-13-22(16-24)17-25(36)15-21/h6-11,18-22,24-25H,1,12-17H2,2-5H3,(H,37,41)(H,38,42)(H,43,44). The predicted octanol–water partition coefficient (Wildman–Crippen LogP) is 5.61. The monoisotopic (exact) mass is 626 g/mol. The summed E-state index contributed by atoms with van der Waals surface area (Å²) < 4.78 is 13.2. The number of benzene rings is 2. The molecule has 2 aromatic carbocycles. The lowest BCUT2D eigenvalue weighted by Crippen LogP contribution is -2.70. The number of aliphatic carboxylic acids is 1. The molecule has 3 N–H and O–H groups in total. The summed E-state index contributed by atoms with van der Waals surface area (Å²) in [5, 5.41) is 21.3. The Morgan fingerprint density at radius 2 is 1.63 bits per heavy atom. The maximum Gasteiger partial charge on any atom is 0.330 e. The molecule has 2 amide bonds. The van der Waals surface area contributed by atoms with Crippen LogP contribution in [0.4, 0.5) is 0 Å². The molecule has 4 fully saturated rings. The van der Waals surface area contributed by atoms with Gasteiger partial charge in [-0.25, -0.2) is 9.48 Å². The van der Waals surface area contributed by atoms with Crippen molar-refractivity contribution >= 4 is 17.8 Å². The van der Waals surface area contributed by atoms with E-state index in [0.717, 1.165) is 37.7 Å². The molecule has 0 radical (unpaired) electrons. The Hall–Kier alpha value is -4.60. The van der Waals surface area contributed by atoms with E-state index in [9.17, 15) is 19.5 Å². The van der Waals surface area contributed by atoms with E-state index in [0.29, 0.717) is 52.4 Å². The van der Waals surface area contributed by atoms with E-state index in [-0.39, 0.29) is 29.4 Å². The van der Waals surface area contributed by atoms with Crippen LogP contribution in [-0.2, 0) is 4.79 Å². The number of methoxy groups -OCH3 is 2. The van der Waals surface area contributed by atoms with Crippen molar-refractivity contribution in [1.29, 1.82) is 0 Å². The molecule has 0 saturated heterocycles. The highest BCUT2D eigenvalue weighted by Gasteiger charge is 2.62. The third-order valence-electron chi connectivity index (χ3n) is 10.3. The summed E-state index contributed by atoms with van der Waals surface area (Å²) in [5.41, 5.74) is 1.87. The molecule has 46 heavy (non-hydrogen) atoms. The molecule has 0 spiro atoms. The molecule has 4 saturated carbocycles. The lowest BCUT2D eigenvalue weighted by molar-refractivity contribution is -0.163. The molecule has 1 aromatic heterocycles. The van der Waals surface area contributed by atoms with Crippen LogP contribution >= 0.6 is 0 Å². The van der Waals surface area contributed by atoms with E-state index in [1.54, 1.807) is 49.2 Å². The van der Waals surface area contributed by atoms with Crippen LogP contribution in [0.5, 0.6) is 11.5 Å². The van der Waals surface area contributed by atoms with Gasteiger partial charge in [-0.2, -0.15) is 5.10 Å². The van der Waals surface area contributed by atoms with Crippen molar-refractivity contribution in [3.63, 3.8) is 0 Å². The van der Waals surface area contributed by atoms with Gasteiger partial charge in [0.05, 0.1) is 31.2 Å². The number of carbonyl (C=O) groups excluding carboxylic acids is 2. The second-order valence-electron chi connectivity index (χ2n) is 13.2. The van der Waals surface area contributed by atoms with Crippen molar-refractivity contribution in [2.45, 2.75) is 57.4 Å². The van der Waals surface area contributed by atoms with E-state index < -0.39 is 17.4 Å². The van der Waals surface area contributed by atoms with Crippen molar-refractivity contribution in [3.05, 3.63) is 71.9 Å². The van der Waals surface area contributed by atoms with Crippen LogP contribution in [0, 0.1) is 23.7 Å². The Balaban J connectivity index is 1.48. The number of hydrogen-bond donors (Lipinski definition) is 3. The summed E-state index contributed by atoms with van der Waals surface area (Å²) in [5.74, 6) is 0.155. The molecular weight excluding hydrogens is 584 g/mol.